The number of methoxy groups -OCH3 is 1. The van der Waals surface area contributed by atoms with E-state index in [-0.39, 0.29) is 5.97 Å². The zero-order valence-electron chi connectivity index (χ0n) is 8.29. The number of carbonyl (C=O) groups excluding carboxylic acids is 1. The van der Waals surface area contributed by atoms with Crippen LogP contribution in [-0.2, 0) is 9.53 Å². The van der Waals surface area contributed by atoms with Crippen molar-refractivity contribution < 1.29 is 9.53 Å². The molecule has 1 rings (SSSR count). The van der Waals surface area contributed by atoms with Crippen LogP contribution in [0.25, 0.3) is 0 Å². The van der Waals surface area contributed by atoms with E-state index in [1.54, 1.807) is 6.08 Å². The van der Waals surface area contributed by atoms with E-state index in [0.29, 0.717) is 5.92 Å². The van der Waals surface area contributed by atoms with E-state index in [4.69, 9.17) is 0 Å². The van der Waals surface area contributed by atoms with Gasteiger partial charge < -0.3 is 4.74 Å². The average Bonchev–Trinajstić information content (AvgIpc) is 2.42. The average molecular weight is 182 g/mol. The highest BCUT2D eigenvalue weighted by Crippen LogP contribution is 2.23. The summed E-state index contributed by atoms with van der Waals surface area (Å²) in [6.45, 7) is 0. The zero-order chi connectivity index (χ0) is 9.52. The van der Waals surface area contributed by atoms with Crippen molar-refractivity contribution in [1.29, 1.82) is 0 Å². The van der Waals surface area contributed by atoms with Crippen molar-refractivity contribution in [2.45, 2.75) is 38.5 Å². The Morgan fingerprint density at radius 1 is 1.23 bits per heavy atom. The molecule has 0 radical (unpaired) electrons. The van der Waals surface area contributed by atoms with E-state index in [9.17, 15) is 4.79 Å². The van der Waals surface area contributed by atoms with E-state index in [1.165, 1.54) is 45.6 Å². The molecule has 0 bridgehead atoms. The monoisotopic (exact) mass is 182 g/mol. The van der Waals surface area contributed by atoms with Crippen molar-refractivity contribution in [3.05, 3.63) is 12.2 Å². The van der Waals surface area contributed by atoms with E-state index >= 15 is 0 Å². The van der Waals surface area contributed by atoms with Gasteiger partial charge in [-0.2, -0.15) is 0 Å². The lowest BCUT2D eigenvalue weighted by Crippen LogP contribution is -1.98. The van der Waals surface area contributed by atoms with Gasteiger partial charge in [-0.1, -0.05) is 31.8 Å². The van der Waals surface area contributed by atoms with Gasteiger partial charge in [0, 0.05) is 6.08 Å². The summed E-state index contributed by atoms with van der Waals surface area (Å²) < 4.78 is 4.55. The third-order valence-electron chi connectivity index (χ3n) is 2.61. The number of rotatable bonds is 2. The number of hydrogen-bond acceptors (Lipinski definition) is 2. The van der Waals surface area contributed by atoms with Crippen molar-refractivity contribution in [2.24, 2.45) is 5.92 Å². The van der Waals surface area contributed by atoms with E-state index < -0.39 is 0 Å². The molecule has 0 amide bonds. The molecular formula is C11H18O2. The third-order valence-corrected chi connectivity index (χ3v) is 2.61. The lowest BCUT2D eigenvalue weighted by atomic mass is 10.00. The molecule has 1 saturated carbocycles. The lowest BCUT2D eigenvalue weighted by molar-refractivity contribution is -0.134. The first-order valence-corrected chi connectivity index (χ1v) is 5.09. The molecule has 0 aromatic carbocycles. The molecule has 0 aliphatic heterocycles. The zero-order valence-corrected chi connectivity index (χ0v) is 8.29. The summed E-state index contributed by atoms with van der Waals surface area (Å²) in [5, 5.41) is 0. The Bertz CT molecular complexity index is 177. The molecule has 1 aliphatic carbocycles. The fourth-order valence-electron chi connectivity index (χ4n) is 1.79. The number of carbonyl (C=O) groups is 1. The first kappa shape index (κ1) is 10.3. The van der Waals surface area contributed by atoms with E-state index in [2.05, 4.69) is 4.74 Å². The summed E-state index contributed by atoms with van der Waals surface area (Å²) in [6.07, 6.45) is 11.3. The second-order valence-electron chi connectivity index (χ2n) is 3.63. The summed E-state index contributed by atoms with van der Waals surface area (Å²) in [7, 11) is 1.42. The Morgan fingerprint density at radius 2 is 1.85 bits per heavy atom. The van der Waals surface area contributed by atoms with Crippen LogP contribution in [0.3, 0.4) is 0 Å². The van der Waals surface area contributed by atoms with Gasteiger partial charge in [0.25, 0.3) is 0 Å². The maximum atomic E-state index is 10.8. The van der Waals surface area contributed by atoms with Gasteiger partial charge >= 0.3 is 5.97 Å². The lowest BCUT2D eigenvalue weighted by Gasteiger charge is -2.06. The van der Waals surface area contributed by atoms with Crippen LogP contribution >= 0.6 is 0 Å². The highest BCUT2D eigenvalue weighted by molar-refractivity contribution is 5.81. The van der Waals surface area contributed by atoms with Gasteiger partial charge in [0.2, 0.25) is 0 Å². The van der Waals surface area contributed by atoms with Crippen LogP contribution in [0.1, 0.15) is 38.5 Å². The van der Waals surface area contributed by atoms with Crippen molar-refractivity contribution in [3.63, 3.8) is 0 Å². The van der Waals surface area contributed by atoms with Crippen molar-refractivity contribution >= 4 is 5.97 Å². The maximum absolute atomic E-state index is 10.8. The van der Waals surface area contributed by atoms with Crippen LogP contribution in [0, 0.1) is 5.92 Å². The Kier molecular flexibility index (Phi) is 4.58. The van der Waals surface area contributed by atoms with Gasteiger partial charge in [-0.05, 0) is 18.8 Å². The predicted molar refractivity (Wildman–Crippen MR) is 52.3 cm³/mol. The topological polar surface area (TPSA) is 26.3 Å². The van der Waals surface area contributed by atoms with Gasteiger partial charge in [-0.15, -0.1) is 0 Å². The quantitative estimate of drug-likeness (QED) is 0.373. The molecule has 0 aromatic rings. The SMILES string of the molecule is COC(=O)/C=C/C1CCCCCC1. The molecular weight excluding hydrogens is 164 g/mol. The molecule has 74 valence electrons. The number of allylic oxidation sites excluding steroid dienone is 1. The minimum absolute atomic E-state index is 0.232. The predicted octanol–water partition coefficient (Wildman–Crippen LogP) is 2.69. The van der Waals surface area contributed by atoms with Gasteiger partial charge in [-0.25, -0.2) is 4.79 Å². The Hall–Kier alpha value is -0.790. The standard InChI is InChI=1S/C11H18O2/c1-13-11(12)9-8-10-6-4-2-3-5-7-10/h8-10H,2-7H2,1H3/b9-8+. The Morgan fingerprint density at radius 3 is 2.38 bits per heavy atom. The second kappa shape index (κ2) is 5.79. The number of esters is 1. The molecule has 0 N–H and O–H groups in total. The first-order chi connectivity index (χ1) is 6.33. The van der Waals surface area contributed by atoms with E-state index in [0.717, 1.165) is 0 Å². The van der Waals surface area contributed by atoms with Crippen LogP contribution in [-0.4, -0.2) is 13.1 Å². The van der Waals surface area contributed by atoms with Crippen LogP contribution in [0.15, 0.2) is 12.2 Å². The molecule has 0 heterocycles. The molecule has 2 heteroatoms. The van der Waals surface area contributed by atoms with Gasteiger partial charge in [0.05, 0.1) is 7.11 Å². The molecule has 1 aliphatic rings. The molecule has 0 spiro atoms. The fourth-order valence-corrected chi connectivity index (χ4v) is 1.79. The summed E-state index contributed by atoms with van der Waals surface area (Å²) in [6, 6.07) is 0. The first-order valence-electron chi connectivity index (χ1n) is 5.09. The highest BCUT2D eigenvalue weighted by atomic mass is 16.5. The third kappa shape index (κ3) is 4.11. The molecule has 0 unspecified atom stereocenters. The normalized spacial score (nSPS) is 20.1. The highest BCUT2D eigenvalue weighted by Gasteiger charge is 2.09. The van der Waals surface area contributed by atoms with Crippen molar-refractivity contribution in [1.82, 2.24) is 0 Å². The summed E-state index contributed by atoms with van der Waals surface area (Å²) >= 11 is 0. The fraction of sp³-hybridized carbons (Fsp3) is 0.727. The number of hydrogen-bond donors (Lipinski definition) is 0. The van der Waals surface area contributed by atoms with E-state index in [1.807, 2.05) is 6.08 Å². The van der Waals surface area contributed by atoms with Crippen LogP contribution in [0.2, 0.25) is 0 Å². The van der Waals surface area contributed by atoms with Crippen LogP contribution < -0.4 is 0 Å². The largest absolute Gasteiger partial charge is 0.466 e. The van der Waals surface area contributed by atoms with Crippen molar-refractivity contribution in [2.75, 3.05) is 7.11 Å². The minimum Gasteiger partial charge on any atom is -0.466 e. The van der Waals surface area contributed by atoms with Gasteiger partial charge in [0.1, 0.15) is 0 Å². The smallest absolute Gasteiger partial charge is 0.330 e. The van der Waals surface area contributed by atoms with Crippen LogP contribution in [0.4, 0.5) is 0 Å². The molecule has 2 nitrogen and oxygen atoms in total. The summed E-state index contributed by atoms with van der Waals surface area (Å²) in [4.78, 5) is 10.8. The minimum atomic E-state index is -0.232. The maximum Gasteiger partial charge on any atom is 0.330 e. The molecule has 0 aromatic heterocycles. The summed E-state index contributed by atoms with van der Waals surface area (Å²) in [5.74, 6) is 0.367. The molecule has 0 saturated heterocycles. The van der Waals surface area contributed by atoms with Gasteiger partial charge in [-0.3, -0.25) is 0 Å². The summed E-state index contributed by atoms with van der Waals surface area (Å²) in [5.41, 5.74) is 0. The molecule has 13 heavy (non-hydrogen) atoms. The van der Waals surface area contributed by atoms with Crippen LogP contribution in [0.5, 0.6) is 0 Å². The Balaban J connectivity index is 2.33. The molecule has 1 fully saturated rings. The van der Waals surface area contributed by atoms with Gasteiger partial charge in [0.15, 0.2) is 0 Å². The van der Waals surface area contributed by atoms with Crippen molar-refractivity contribution in [3.8, 4) is 0 Å². The molecule has 0 atom stereocenters. The second-order valence-corrected chi connectivity index (χ2v) is 3.63. The Labute approximate surface area is 80.0 Å². The number of ether oxygens (including phenoxy) is 1.